The lowest BCUT2D eigenvalue weighted by Gasteiger charge is -2.35. The van der Waals surface area contributed by atoms with Gasteiger partial charge in [-0.1, -0.05) is 19.3 Å². The van der Waals surface area contributed by atoms with Gasteiger partial charge in [-0.15, -0.1) is 0 Å². The normalized spacial score (nSPS) is 18.1. The van der Waals surface area contributed by atoms with Gasteiger partial charge in [0.05, 0.1) is 0 Å². The van der Waals surface area contributed by atoms with E-state index in [9.17, 15) is 4.79 Å². The maximum absolute atomic E-state index is 13.0. The quantitative estimate of drug-likeness (QED) is 0.640. The number of nitrogens with zero attached hydrogens (tertiary/aromatic N) is 5. The second kappa shape index (κ2) is 9.14. The number of likely N-dealkylation sites (N-methyl/N-ethyl adjacent to an activating group) is 1. The molecule has 0 amide bonds. The third kappa shape index (κ3) is 4.47. The lowest BCUT2D eigenvalue weighted by molar-refractivity contribution is 0.312. The van der Waals surface area contributed by atoms with Gasteiger partial charge in [-0.25, -0.2) is 4.98 Å². The predicted molar refractivity (Wildman–Crippen MR) is 135 cm³/mol. The van der Waals surface area contributed by atoms with Crippen molar-refractivity contribution in [3.05, 3.63) is 51.9 Å². The molecule has 1 saturated carbocycles. The second-order valence-corrected chi connectivity index (χ2v) is 9.67. The minimum absolute atomic E-state index is 0.0453. The molecule has 1 aromatic carbocycles. The summed E-state index contributed by atoms with van der Waals surface area (Å²) in [6.07, 6.45) is 7.52. The van der Waals surface area contributed by atoms with E-state index in [0.29, 0.717) is 5.95 Å². The molecule has 0 bridgehead atoms. The summed E-state index contributed by atoms with van der Waals surface area (Å²) in [5.41, 5.74) is 5.21. The first-order valence-electron chi connectivity index (χ1n) is 12.2. The fourth-order valence-electron chi connectivity index (χ4n) is 5.29. The zero-order chi connectivity index (χ0) is 22.9. The van der Waals surface area contributed by atoms with Crippen molar-refractivity contribution in [3.8, 4) is 0 Å². The first-order chi connectivity index (χ1) is 16.0. The van der Waals surface area contributed by atoms with Crippen LogP contribution in [0, 0.1) is 13.8 Å². The van der Waals surface area contributed by atoms with E-state index in [1.54, 1.807) is 6.07 Å². The number of hydrogen-bond donors (Lipinski definition) is 1. The highest BCUT2D eigenvalue weighted by atomic mass is 16.1. The first-order valence-corrected chi connectivity index (χ1v) is 12.2. The van der Waals surface area contributed by atoms with Gasteiger partial charge in [0.2, 0.25) is 5.95 Å². The minimum atomic E-state index is 0.0453. The predicted octanol–water partition coefficient (Wildman–Crippen LogP) is 4.41. The Labute approximate surface area is 195 Å². The summed E-state index contributed by atoms with van der Waals surface area (Å²) in [6.45, 7) is 8.40. The van der Waals surface area contributed by atoms with Gasteiger partial charge >= 0.3 is 0 Å². The first kappa shape index (κ1) is 21.9. The maximum Gasteiger partial charge on any atom is 0.252 e. The lowest BCUT2D eigenvalue weighted by Crippen LogP contribution is -2.44. The molecule has 5 rings (SSSR count). The van der Waals surface area contributed by atoms with Gasteiger partial charge in [-0.05, 0) is 63.1 Å². The molecule has 3 aromatic rings. The van der Waals surface area contributed by atoms with E-state index >= 15 is 0 Å². The smallest absolute Gasteiger partial charge is 0.252 e. The van der Waals surface area contributed by atoms with Gasteiger partial charge in [-0.3, -0.25) is 9.36 Å². The summed E-state index contributed by atoms with van der Waals surface area (Å²) in [4.78, 5) is 27.2. The molecule has 2 fully saturated rings. The number of anilines is 3. The molecule has 1 N–H and O–H groups in total. The average molecular weight is 447 g/mol. The van der Waals surface area contributed by atoms with Crippen molar-refractivity contribution in [3.63, 3.8) is 0 Å². The number of rotatable bonds is 4. The van der Waals surface area contributed by atoms with Crippen LogP contribution in [-0.2, 0) is 0 Å². The molecule has 1 aliphatic carbocycles. The monoisotopic (exact) mass is 446 g/mol. The van der Waals surface area contributed by atoms with Crippen LogP contribution in [0.2, 0.25) is 0 Å². The molecule has 0 radical (unpaired) electrons. The zero-order valence-electron chi connectivity index (χ0n) is 20.0. The fraction of sp³-hybridized carbons (Fsp3) is 0.500. The highest BCUT2D eigenvalue weighted by Crippen LogP contribution is 2.30. The summed E-state index contributed by atoms with van der Waals surface area (Å²) in [5, 5.41) is 4.33. The number of fused-ring (bicyclic) bond motifs is 1. The van der Waals surface area contributed by atoms with E-state index in [2.05, 4.69) is 52.3 Å². The summed E-state index contributed by atoms with van der Waals surface area (Å²) in [5.74, 6) is 0.531. The van der Waals surface area contributed by atoms with Crippen LogP contribution in [-0.4, -0.2) is 52.7 Å². The van der Waals surface area contributed by atoms with Crippen molar-refractivity contribution in [1.82, 2.24) is 19.4 Å². The van der Waals surface area contributed by atoms with Crippen LogP contribution in [0.15, 0.2) is 35.3 Å². The topological polar surface area (TPSA) is 66.3 Å². The lowest BCUT2D eigenvalue weighted by atomic mass is 9.95. The van der Waals surface area contributed by atoms with Gasteiger partial charge in [0, 0.05) is 61.2 Å². The second-order valence-electron chi connectivity index (χ2n) is 9.67. The minimum Gasteiger partial charge on any atom is -0.369 e. The van der Waals surface area contributed by atoms with E-state index in [4.69, 9.17) is 4.98 Å². The number of aryl methyl sites for hydroxylation is 2. The van der Waals surface area contributed by atoms with Crippen molar-refractivity contribution in [2.75, 3.05) is 43.4 Å². The van der Waals surface area contributed by atoms with Crippen LogP contribution < -0.4 is 15.8 Å². The Morgan fingerprint density at radius 1 is 0.970 bits per heavy atom. The number of nitrogens with one attached hydrogen (secondary N) is 1. The summed E-state index contributed by atoms with van der Waals surface area (Å²) < 4.78 is 1.91. The number of piperazine rings is 1. The number of benzene rings is 1. The molecule has 2 aromatic heterocycles. The Kier molecular flexibility index (Phi) is 6.06. The average Bonchev–Trinajstić information content (AvgIpc) is 2.80. The van der Waals surface area contributed by atoms with Crippen molar-refractivity contribution in [1.29, 1.82) is 0 Å². The number of hydrogen-bond acceptors (Lipinski definition) is 6. The van der Waals surface area contributed by atoms with Crippen LogP contribution in [0.25, 0.3) is 11.0 Å². The summed E-state index contributed by atoms with van der Waals surface area (Å²) in [6, 6.07) is 8.40. The molecule has 2 aliphatic rings. The largest absolute Gasteiger partial charge is 0.369 e. The zero-order valence-corrected chi connectivity index (χ0v) is 20.0. The SMILES string of the molecule is Cc1cc(Nc2ncc3c(C)cc(=O)n(C4CCCCC4)c3n2)ccc1N1CCN(C)CC1. The van der Waals surface area contributed by atoms with E-state index in [1.165, 1.54) is 30.5 Å². The molecule has 0 unspecified atom stereocenters. The molecular formula is C26H34N6O. The van der Waals surface area contributed by atoms with E-state index in [-0.39, 0.29) is 11.6 Å². The molecular weight excluding hydrogens is 412 g/mol. The standard InChI is InChI=1S/C26H34N6O/c1-18-16-24(33)32(21-7-5-4-6-8-21)25-22(18)17-27-26(29-25)28-20-9-10-23(19(2)15-20)31-13-11-30(3)12-14-31/h9-10,15-17,21H,4-8,11-14H2,1-3H3,(H,27,28,29). The molecule has 1 saturated heterocycles. The molecule has 7 heteroatoms. The molecule has 7 nitrogen and oxygen atoms in total. The molecule has 1 aliphatic heterocycles. The highest BCUT2D eigenvalue weighted by molar-refractivity contribution is 5.79. The van der Waals surface area contributed by atoms with Gasteiger partial charge in [-0.2, -0.15) is 4.98 Å². The van der Waals surface area contributed by atoms with Crippen molar-refractivity contribution in [2.45, 2.75) is 52.0 Å². The van der Waals surface area contributed by atoms with Crippen LogP contribution >= 0.6 is 0 Å². The Morgan fingerprint density at radius 2 is 1.73 bits per heavy atom. The van der Waals surface area contributed by atoms with Crippen molar-refractivity contribution >= 4 is 28.4 Å². The Balaban J connectivity index is 1.44. The third-order valence-corrected chi connectivity index (χ3v) is 7.24. The number of pyridine rings is 1. The summed E-state index contributed by atoms with van der Waals surface area (Å²) >= 11 is 0. The Bertz CT molecular complexity index is 1210. The van der Waals surface area contributed by atoms with E-state index in [1.807, 2.05) is 17.7 Å². The molecule has 0 atom stereocenters. The molecule has 0 spiro atoms. The summed E-state index contributed by atoms with van der Waals surface area (Å²) in [7, 11) is 2.18. The van der Waals surface area contributed by atoms with E-state index < -0.39 is 0 Å². The third-order valence-electron chi connectivity index (χ3n) is 7.24. The van der Waals surface area contributed by atoms with Gasteiger partial charge in [0.25, 0.3) is 5.56 Å². The van der Waals surface area contributed by atoms with Crippen LogP contribution in [0.5, 0.6) is 0 Å². The van der Waals surface area contributed by atoms with Gasteiger partial charge < -0.3 is 15.1 Å². The van der Waals surface area contributed by atoms with Gasteiger partial charge in [0.15, 0.2) is 0 Å². The van der Waals surface area contributed by atoms with Crippen molar-refractivity contribution in [2.24, 2.45) is 0 Å². The molecule has 3 heterocycles. The van der Waals surface area contributed by atoms with Crippen molar-refractivity contribution < 1.29 is 0 Å². The van der Waals surface area contributed by atoms with E-state index in [0.717, 1.165) is 61.3 Å². The molecule has 174 valence electrons. The highest BCUT2D eigenvalue weighted by Gasteiger charge is 2.21. The Morgan fingerprint density at radius 3 is 2.45 bits per heavy atom. The number of aromatic nitrogens is 3. The van der Waals surface area contributed by atoms with Crippen LogP contribution in [0.4, 0.5) is 17.3 Å². The molecule has 33 heavy (non-hydrogen) atoms. The van der Waals surface area contributed by atoms with Crippen LogP contribution in [0.3, 0.4) is 0 Å². The maximum atomic E-state index is 13.0. The van der Waals surface area contributed by atoms with Crippen LogP contribution in [0.1, 0.15) is 49.3 Å². The fourth-order valence-corrected chi connectivity index (χ4v) is 5.29. The van der Waals surface area contributed by atoms with Gasteiger partial charge in [0.1, 0.15) is 5.65 Å². The Hall–Kier alpha value is -2.93.